The van der Waals surface area contributed by atoms with Crippen LogP contribution in [0.25, 0.3) is 0 Å². The fraction of sp³-hybridized carbons (Fsp3) is 0.786. The van der Waals surface area contributed by atoms with Gasteiger partial charge in [0.25, 0.3) is 0 Å². The molecular weight excluding hydrogens is 226 g/mol. The van der Waals surface area contributed by atoms with Gasteiger partial charge in [0, 0.05) is 25.2 Å². The molecule has 0 saturated carbocycles. The summed E-state index contributed by atoms with van der Waals surface area (Å²) in [4.78, 5) is 0. The Morgan fingerprint density at radius 3 is 3.00 bits per heavy atom. The SMILES string of the molecule is CCn1cc(CC(C)(O)CC2CCCCN2)cn1. The van der Waals surface area contributed by atoms with Gasteiger partial charge in [0.2, 0.25) is 0 Å². The molecule has 18 heavy (non-hydrogen) atoms. The summed E-state index contributed by atoms with van der Waals surface area (Å²) in [5.74, 6) is 0. The van der Waals surface area contributed by atoms with Crippen molar-refractivity contribution in [1.82, 2.24) is 15.1 Å². The monoisotopic (exact) mass is 251 g/mol. The average Bonchev–Trinajstić information content (AvgIpc) is 2.76. The van der Waals surface area contributed by atoms with Gasteiger partial charge >= 0.3 is 0 Å². The Kier molecular flexibility index (Phi) is 4.40. The first-order valence-corrected chi connectivity index (χ1v) is 7.06. The molecule has 102 valence electrons. The van der Waals surface area contributed by atoms with E-state index in [0.717, 1.165) is 25.1 Å². The predicted octanol–water partition coefficient (Wildman–Crippen LogP) is 1.73. The van der Waals surface area contributed by atoms with Gasteiger partial charge in [0.15, 0.2) is 0 Å². The quantitative estimate of drug-likeness (QED) is 0.838. The maximum Gasteiger partial charge on any atom is 0.0675 e. The Morgan fingerprint density at radius 2 is 2.39 bits per heavy atom. The van der Waals surface area contributed by atoms with Gasteiger partial charge in [-0.25, -0.2) is 0 Å². The molecular formula is C14H25N3O. The minimum absolute atomic E-state index is 0.468. The summed E-state index contributed by atoms with van der Waals surface area (Å²) >= 11 is 0. The molecule has 2 unspecified atom stereocenters. The Morgan fingerprint density at radius 1 is 1.56 bits per heavy atom. The van der Waals surface area contributed by atoms with E-state index in [1.54, 1.807) is 0 Å². The highest BCUT2D eigenvalue weighted by Crippen LogP contribution is 2.22. The highest BCUT2D eigenvalue weighted by molar-refractivity contribution is 5.08. The van der Waals surface area contributed by atoms with E-state index in [0.29, 0.717) is 12.5 Å². The van der Waals surface area contributed by atoms with Gasteiger partial charge in [-0.05, 0) is 45.2 Å². The predicted molar refractivity (Wildman–Crippen MR) is 72.5 cm³/mol. The number of nitrogens with zero attached hydrogens (tertiary/aromatic N) is 2. The number of nitrogens with one attached hydrogen (secondary N) is 1. The van der Waals surface area contributed by atoms with Crippen molar-refractivity contribution in [3.8, 4) is 0 Å². The van der Waals surface area contributed by atoms with Crippen LogP contribution in [0.15, 0.2) is 12.4 Å². The van der Waals surface area contributed by atoms with Crippen LogP contribution in [0.1, 0.15) is 45.1 Å². The van der Waals surface area contributed by atoms with Gasteiger partial charge < -0.3 is 10.4 Å². The summed E-state index contributed by atoms with van der Waals surface area (Å²) in [7, 11) is 0. The van der Waals surface area contributed by atoms with Crippen LogP contribution in [-0.4, -0.2) is 33.1 Å². The number of hydrogen-bond acceptors (Lipinski definition) is 3. The minimum Gasteiger partial charge on any atom is -0.390 e. The van der Waals surface area contributed by atoms with Crippen molar-refractivity contribution in [3.63, 3.8) is 0 Å². The number of hydrogen-bond donors (Lipinski definition) is 2. The van der Waals surface area contributed by atoms with Gasteiger partial charge in [0.1, 0.15) is 0 Å². The second-order valence-electron chi connectivity index (χ2n) is 5.73. The van der Waals surface area contributed by atoms with Gasteiger partial charge in [-0.15, -0.1) is 0 Å². The molecule has 1 aliphatic heterocycles. The van der Waals surface area contributed by atoms with Gasteiger partial charge in [-0.2, -0.15) is 5.10 Å². The average molecular weight is 251 g/mol. The molecule has 0 spiro atoms. The van der Waals surface area contributed by atoms with Crippen LogP contribution in [0.2, 0.25) is 0 Å². The largest absolute Gasteiger partial charge is 0.390 e. The third-order valence-electron chi connectivity index (χ3n) is 3.69. The van der Waals surface area contributed by atoms with Crippen molar-refractivity contribution in [2.45, 2.75) is 64.1 Å². The zero-order valence-corrected chi connectivity index (χ0v) is 11.5. The lowest BCUT2D eigenvalue weighted by molar-refractivity contribution is 0.0371. The van der Waals surface area contributed by atoms with E-state index in [1.807, 2.05) is 24.0 Å². The topological polar surface area (TPSA) is 50.1 Å². The lowest BCUT2D eigenvalue weighted by Gasteiger charge is -2.31. The summed E-state index contributed by atoms with van der Waals surface area (Å²) < 4.78 is 1.91. The zero-order chi connectivity index (χ0) is 13.0. The summed E-state index contributed by atoms with van der Waals surface area (Å²) in [6, 6.07) is 0.468. The van der Waals surface area contributed by atoms with Gasteiger partial charge in [0.05, 0.1) is 11.8 Å². The van der Waals surface area contributed by atoms with E-state index in [1.165, 1.54) is 19.3 Å². The van der Waals surface area contributed by atoms with Crippen LogP contribution in [0.5, 0.6) is 0 Å². The summed E-state index contributed by atoms with van der Waals surface area (Å²) in [5, 5.41) is 18.3. The third-order valence-corrected chi connectivity index (χ3v) is 3.69. The molecule has 1 aromatic rings. The Bertz CT molecular complexity index is 367. The molecule has 2 rings (SSSR count). The first kappa shape index (κ1) is 13.6. The van der Waals surface area contributed by atoms with E-state index in [2.05, 4.69) is 17.3 Å². The molecule has 0 aromatic carbocycles. The second kappa shape index (κ2) is 5.85. The van der Waals surface area contributed by atoms with Crippen LogP contribution in [0, 0.1) is 0 Å². The van der Waals surface area contributed by atoms with E-state index >= 15 is 0 Å². The van der Waals surface area contributed by atoms with Crippen molar-refractivity contribution < 1.29 is 5.11 Å². The Hall–Kier alpha value is -0.870. The highest BCUT2D eigenvalue weighted by atomic mass is 16.3. The molecule has 1 aromatic heterocycles. The van der Waals surface area contributed by atoms with Crippen LogP contribution < -0.4 is 5.32 Å². The molecule has 1 fully saturated rings. The smallest absolute Gasteiger partial charge is 0.0675 e. The number of rotatable bonds is 5. The van der Waals surface area contributed by atoms with Crippen LogP contribution >= 0.6 is 0 Å². The molecule has 4 nitrogen and oxygen atoms in total. The van der Waals surface area contributed by atoms with E-state index in [-0.39, 0.29) is 0 Å². The van der Waals surface area contributed by atoms with Crippen molar-refractivity contribution >= 4 is 0 Å². The number of aryl methyl sites for hydroxylation is 1. The van der Waals surface area contributed by atoms with Crippen molar-refractivity contribution in [2.75, 3.05) is 6.54 Å². The summed E-state index contributed by atoms with van der Waals surface area (Å²) in [6.07, 6.45) is 9.14. The van der Waals surface area contributed by atoms with E-state index in [4.69, 9.17) is 0 Å². The molecule has 2 atom stereocenters. The third kappa shape index (κ3) is 3.82. The van der Waals surface area contributed by atoms with Gasteiger partial charge in [-0.1, -0.05) is 6.42 Å². The number of piperidine rings is 1. The lowest BCUT2D eigenvalue weighted by Crippen LogP contribution is -2.41. The fourth-order valence-corrected chi connectivity index (χ4v) is 2.81. The minimum atomic E-state index is -0.642. The zero-order valence-electron chi connectivity index (χ0n) is 11.5. The molecule has 1 aliphatic rings. The molecule has 2 N–H and O–H groups in total. The maximum absolute atomic E-state index is 10.5. The summed E-state index contributed by atoms with van der Waals surface area (Å²) in [6.45, 7) is 5.98. The van der Waals surface area contributed by atoms with E-state index < -0.39 is 5.60 Å². The molecule has 0 bridgehead atoms. The number of aliphatic hydroxyl groups is 1. The first-order valence-electron chi connectivity index (χ1n) is 7.06. The molecule has 0 amide bonds. The first-order chi connectivity index (χ1) is 8.59. The second-order valence-corrected chi connectivity index (χ2v) is 5.73. The van der Waals surface area contributed by atoms with Crippen molar-refractivity contribution in [1.29, 1.82) is 0 Å². The van der Waals surface area contributed by atoms with E-state index in [9.17, 15) is 5.11 Å². The highest BCUT2D eigenvalue weighted by Gasteiger charge is 2.27. The van der Waals surface area contributed by atoms with Crippen LogP contribution in [0.3, 0.4) is 0 Å². The van der Waals surface area contributed by atoms with Crippen LogP contribution in [0.4, 0.5) is 0 Å². The maximum atomic E-state index is 10.5. The molecule has 2 heterocycles. The van der Waals surface area contributed by atoms with Crippen LogP contribution in [-0.2, 0) is 13.0 Å². The lowest BCUT2D eigenvalue weighted by atomic mass is 9.88. The number of aromatic nitrogens is 2. The fourth-order valence-electron chi connectivity index (χ4n) is 2.81. The normalized spacial score (nSPS) is 23.8. The van der Waals surface area contributed by atoms with Crippen molar-refractivity contribution in [2.24, 2.45) is 0 Å². The molecule has 1 saturated heterocycles. The Labute approximate surface area is 109 Å². The van der Waals surface area contributed by atoms with Gasteiger partial charge in [-0.3, -0.25) is 4.68 Å². The van der Waals surface area contributed by atoms with Crippen molar-refractivity contribution in [3.05, 3.63) is 18.0 Å². The molecule has 4 heteroatoms. The molecule has 0 radical (unpaired) electrons. The molecule has 0 aliphatic carbocycles. The Balaban J connectivity index is 1.89. The summed E-state index contributed by atoms with van der Waals surface area (Å²) in [5.41, 5.74) is 0.481. The standard InChI is InChI=1S/C14H25N3O/c1-3-17-11-12(10-16-17)8-14(2,18)9-13-6-4-5-7-15-13/h10-11,13,15,18H,3-9H2,1-2H3.